The van der Waals surface area contributed by atoms with Gasteiger partial charge in [-0.1, -0.05) is 17.9 Å². The largest absolute Gasteiger partial charge is 0.419 e. The molecule has 0 aliphatic carbocycles. The van der Waals surface area contributed by atoms with E-state index in [2.05, 4.69) is 26.8 Å². The van der Waals surface area contributed by atoms with E-state index in [0.717, 1.165) is 6.07 Å². The number of alkyl halides is 3. The van der Waals surface area contributed by atoms with E-state index in [1.165, 1.54) is 12.3 Å². The lowest BCUT2D eigenvalue weighted by Gasteiger charge is -2.13. The summed E-state index contributed by atoms with van der Waals surface area (Å²) in [6, 6.07) is 6.09. The molecular formula is C19H13F4N5. The van der Waals surface area contributed by atoms with Crippen molar-refractivity contribution in [2.45, 2.75) is 13.1 Å². The summed E-state index contributed by atoms with van der Waals surface area (Å²) >= 11 is 0. The van der Waals surface area contributed by atoms with E-state index in [1.54, 1.807) is 19.1 Å². The first kappa shape index (κ1) is 19.1. The number of nitrogens with two attached hydrogens (primary N) is 2. The second-order valence-corrected chi connectivity index (χ2v) is 5.78. The zero-order chi connectivity index (χ0) is 20.5. The third kappa shape index (κ3) is 3.86. The van der Waals surface area contributed by atoms with Gasteiger partial charge in [-0.3, -0.25) is 0 Å². The van der Waals surface area contributed by atoms with Gasteiger partial charge in [0, 0.05) is 17.3 Å². The van der Waals surface area contributed by atoms with E-state index < -0.39 is 17.6 Å². The quantitative estimate of drug-likeness (QED) is 0.492. The van der Waals surface area contributed by atoms with Crippen molar-refractivity contribution in [3.05, 3.63) is 64.7 Å². The summed E-state index contributed by atoms with van der Waals surface area (Å²) < 4.78 is 53.8. The Labute approximate surface area is 157 Å². The van der Waals surface area contributed by atoms with Crippen LogP contribution in [0.2, 0.25) is 0 Å². The van der Waals surface area contributed by atoms with E-state index in [4.69, 9.17) is 11.5 Å². The predicted octanol–water partition coefficient (Wildman–Crippen LogP) is 3.57. The highest BCUT2D eigenvalue weighted by Gasteiger charge is 2.35. The molecule has 0 saturated heterocycles. The Kier molecular flexibility index (Phi) is 4.88. The maximum absolute atomic E-state index is 14.6. The Morgan fingerprint density at radius 3 is 2.39 bits per heavy atom. The number of hydrogen-bond donors (Lipinski definition) is 2. The van der Waals surface area contributed by atoms with Gasteiger partial charge in [-0.25, -0.2) is 19.3 Å². The molecule has 0 bridgehead atoms. The van der Waals surface area contributed by atoms with Crippen LogP contribution < -0.4 is 11.5 Å². The van der Waals surface area contributed by atoms with E-state index in [-0.39, 0.29) is 22.8 Å². The molecule has 2 aromatic heterocycles. The summed E-state index contributed by atoms with van der Waals surface area (Å²) in [5.41, 5.74) is 10.2. The minimum absolute atomic E-state index is 0.121. The molecule has 0 aliphatic rings. The Morgan fingerprint density at radius 2 is 1.75 bits per heavy atom. The maximum atomic E-state index is 14.6. The van der Waals surface area contributed by atoms with Gasteiger partial charge in [-0.2, -0.15) is 13.2 Å². The Balaban J connectivity index is 2.20. The van der Waals surface area contributed by atoms with Gasteiger partial charge in [-0.05, 0) is 31.2 Å². The zero-order valence-electron chi connectivity index (χ0n) is 14.5. The second kappa shape index (κ2) is 7.15. The molecule has 0 spiro atoms. The van der Waals surface area contributed by atoms with Crippen LogP contribution in [0, 0.1) is 24.6 Å². The van der Waals surface area contributed by atoms with Gasteiger partial charge in [0.15, 0.2) is 0 Å². The van der Waals surface area contributed by atoms with E-state index in [1.807, 2.05) is 0 Å². The van der Waals surface area contributed by atoms with Gasteiger partial charge in [0.25, 0.3) is 0 Å². The number of nitrogen functional groups attached to an aromatic ring is 2. The number of anilines is 2. The summed E-state index contributed by atoms with van der Waals surface area (Å²) in [7, 11) is 0. The molecule has 28 heavy (non-hydrogen) atoms. The molecule has 3 aromatic rings. The fourth-order valence-electron chi connectivity index (χ4n) is 2.49. The summed E-state index contributed by atoms with van der Waals surface area (Å²) in [5, 5.41) is 0. The standard InChI is InChI=1S/C19H13F4N5/c1-10-12(7-5-11-6-8-15(24)26-9-11)17(28-18(25)27-10)13-3-2-4-14(16(13)20)19(21,22)23/h2-4,6,8-9H,1H3,(H2,24,26)(H2,25,27,28). The predicted molar refractivity (Wildman–Crippen MR) is 96.2 cm³/mol. The number of nitrogens with zero attached hydrogens (tertiary/aromatic N) is 3. The van der Waals surface area contributed by atoms with Crippen molar-refractivity contribution < 1.29 is 17.6 Å². The number of aromatic nitrogens is 3. The fraction of sp³-hybridized carbons (Fsp3) is 0.105. The molecule has 9 heteroatoms. The zero-order valence-corrected chi connectivity index (χ0v) is 14.5. The van der Waals surface area contributed by atoms with Crippen LogP contribution in [0.15, 0.2) is 36.5 Å². The van der Waals surface area contributed by atoms with Gasteiger partial charge in [0.05, 0.1) is 22.5 Å². The third-order valence-corrected chi connectivity index (χ3v) is 3.78. The highest BCUT2D eigenvalue weighted by molar-refractivity contribution is 5.71. The van der Waals surface area contributed by atoms with Crippen molar-refractivity contribution in [1.82, 2.24) is 15.0 Å². The Hall–Kier alpha value is -3.67. The van der Waals surface area contributed by atoms with Crippen molar-refractivity contribution >= 4 is 11.8 Å². The number of halogens is 4. The molecule has 0 radical (unpaired) electrons. The lowest BCUT2D eigenvalue weighted by molar-refractivity contribution is -0.139. The van der Waals surface area contributed by atoms with Gasteiger partial charge >= 0.3 is 6.18 Å². The third-order valence-electron chi connectivity index (χ3n) is 3.78. The van der Waals surface area contributed by atoms with E-state index in [9.17, 15) is 17.6 Å². The topological polar surface area (TPSA) is 90.7 Å². The molecule has 0 aliphatic heterocycles. The van der Waals surface area contributed by atoms with Crippen LogP contribution in [0.4, 0.5) is 29.3 Å². The molecule has 3 rings (SSSR count). The van der Waals surface area contributed by atoms with E-state index >= 15 is 0 Å². The molecule has 0 unspecified atom stereocenters. The lowest BCUT2D eigenvalue weighted by Crippen LogP contribution is -2.10. The first-order chi connectivity index (χ1) is 13.2. The normalized spacial score (nSPS) is 11.0. The van der Waals surface area contributed by atoms with Crippen LogP contribution in [-0.4, -0.2) is 15.0 Å². The second-order valence-electron chi connectivity index (χ2n) is 5.78. The number of rotatable bonds is 1. The minimum Gasteiger partial charge on any atom is -0.384 e. The van der Waals surface area contributed by atoms with Crippen LogP contribution in [0.1, 0.15) is 22.4 Å². The smallest absolute Gasteiger partial charge is 0.384 e. The number of hydrogen-bond acceptors (Lipinski definition) is 5. The molecule has 0 fully saturated rings. The van der Waals surface area contributed by atoms with Crippen molar-refractivity contribution in [2.24, 2.45) is 0 Å². The van der Waals surface area contributed by atoms with Crippen LogP contribution >= 0.6 is 0 Å². The molecule has 1 aromatic carbocycles. The van der Waals surface area contributed by atoms with Crippen molar-refractivity contribution in [3.8, 4) is 23.1 Å². The average Bonchev–Trinajstić information content (AvgIpc) is 2.61. The molecule has 142 valence electrons. The van der Waals surface area contributed by atoms with Gasteiger partial charge < -0.3 is 11.5 Å². The molecular weight excluding hydrogens is 374 g/mol. The van der Waals surface area contributed by atoms with Crippen LogP contribution in [0.25, 0.3) is 11.3 Å². The average molecular weight is 387 g/mol. The van der Waals surface area contributed by atoms with Crippen LogP contribution in [-0.2, 0) is 6.18 Å². The van der Waals surface area contributed by atoms with Crippen molar-refractivity contribution in [3.63, 3.8) is 0 Å². The minimum atomic E-state index is -4.85. The van der Waals surface area contributed by atoms with Crippen molar-refractivity contribution in [2.75, 3.05) is 11.5 Å². The molecule has 5 nitrogen and oxygen atoms in total. The summed E-state index contributed by atoms with van der Waals surface area (Å²) in [5.74, 6) is 4.21. The first-order valence-corrected chi connectivity index (χ1v) is 7.90. The Bertz CT molecular complexity index is 1100. The van der Waals surface area contributed by atoms with Crippen LogP contribution in [0.5, 0.6) is 0 Å². The SMILES string of the molecule is Cc1nc(N)nc(-c2cccc(C(F)(F)F)c2F)c1C#Cc1ccc(N)nc1. The first-order valence-electron chi connectivity index (χ1n) is 7.90. The summed E-state index contributed by atoms with van der Waals surface area (Å²) in [6.07, 6.45) is -3.42. The number of benzene rings is 1. The van der Waals surface area contributed by atoms with Crippen LogP contribution in [0.3, 0.4) is 0 Å². The van der Waals surface area contributed by atoms with Crippen molar-refractivity contribution in [1.29, 1.82) is 0 Å². The number of aryl methyl sites for hydroxylation is 1. The molecule has 0 atom stereocenters. The van der Waals surface area contributed by atoms with Gasteiger partial charge in [-0.15, -0.1) is 0 Å². The maximum Gasteiger partial charge on any atom is 0.419 e. The molecule has 2 heterocycles. The van der Waals surface area contributed by atoms with Gasteiger partial charge in [0.1, 0.15) is 11.6 Å². The highest BCUT2D eigenvalue weighted by atomic mass is 19.4. The summed E-state index contributed by atoms with van der Waals surface area (Å²) in [4.78, 5) is 11.8. The fourth-order valence-corrected chi connectivity index (χ4v) is 2.49. The highest BCUT2D eigenvalue weighted by Crippen LogP contribution is 2.36. The summed E-state index contributed by atoms with van der Waals surface area (Å²) in [6.45, 7) is 1.55. The lowest BCUT2D eigenvalue weighted by atomic mass is 10.0. The molecule has 0 saturated carbocycles. The molecule has 4 N–H and O–H groups in total. The Morgan fingerprint density at radius 1 is 1.00 bits per heavy atom. The van der Waals surface area contributed by atoms with Gasteiger partial charge in [0.2, 0.25) is 5.95 Å². The molecule has 0 amide bonds. The monoisotopic (exact) mass is 387 g/mol. The number of pyridine rings is 1. The van der Waals surface area contributed by atoms with E-state index in [0.29, 0.717) is 23.1 Å².